The highest BCUT2D eigenvalue weighted by atomic mass is 19.1. The summed E-state index contributed by atoms with van der Waals surface area (Å²) in [7, 11) is 0. The van der Waals surface area contributed by atoms with Crippen molar-refractivity contribution in [3.63, 3.8) is 0 Å². The van der Waals surface area contributed by atoms with Gasteiger partial charge in [0.15, 0.2) is 0 Å². The fourth-order valence-electron chi connectivity index (χ4n) is 2.29. The van der Waals surface area contributed by atoms with Crippen molar-refractivity contribution in [2.75, 3.05) is 13.2 Å². The number of carbonyl (C=O) groups is 3. The van der Waals surface area contributed by atoms with E-state index >= 15 is 0 Å². The van der Waals surface area contributed by atoms with Crippen molar-refractivity contribution in [2.24, 2.45) is 10.2 Å². The molecule has 172 valence electrons. The van der Waals surface area contributed by atoms with E-state index < -0.39 is 29.5 Å². The topological polar surface area (TPSA) is 104 Å². The van der Waals surface area contributed by atoms with Crippen LogP contribution in [-0.2, 0) is 23.9 Å². The molecule has 0 amide bonds. The van der Waals surface area contributed by atoms with Crippen LogP contribution in [-0.4, -0.2) is 43.6 Å². The third-order valence-electron chi connectivity index (χ3n) is 3.77. The van der Waals surface area contributed by atoms with E-state index in [1.54, 1.807) is 12.1 Å². The van der Waals surface area contributed by atoms with Crippen LogP contribution >= 0.6 is 0 Å². The molecule has 0 N–H and O–H groups in total. The van der Waals surface area contributed by atoms with Crippen LogP contribution in [0.3, 0.4) is 0 Å². The van der Waals surface area contributed by atoms with Gasteiger partial charge in [0.2, 0.25) is 0 Å². The van der Waals surface area contributed by atoms with Gasteiger partial charge in [-0.05, 0) is 42.0 Å². The molecule has 0 heterocycles. The Morgan fingerprint density at radius 3 is 2.03 bits per heavy atom. The van der Waals surface area contributed by atoms with Crippen LogP contribution in [0.25, 0.3) is 0 Å². The lowest BCUT2D eigenvalue weighted by atomic mass is 10.2. The third-order valence-corrected chi connectivity index (χ3v) is 3.77. The molecule has 0 radical (unpaired) electrons. The number of rotatable bonds is 11. The lowest BCUT2D eigenvalue weighted by molar-refractivity contribution is -0.151. The molecule has 33 heavy (non-hydrogen) atoms. The highest BCUT2D eigenvalue weighted by Crippen LogP contribution is 2.13. The van der Waals surface area contributed by atoms with Gasteiger partial charge in [-0.1, -0.05) is 6.58 Å². The second-order valence-electron chi connectivity index (χ2n) is 6.33. The van der Waals surface area contributed by atoms with Crippen molar-refractivity contribution < 1.29 is 37.4 Å². The normalized spacial score (nSPS) is 10.8. The average molecular weight is 458 g/mol. The van der Waals surface area contributed by atoms with Crippen LogP contribution in [0.1, 0.15) is 24.0 Å². The molecule has 0 saturated carbocycles. The summed E-state index contributed by atoms with van der Waals surface area (Å²) in [4.78, 5) is 34.2. The minimum absolute atomic E-state index is 0.106. The first-order valence-electron chi connectivity index (χ1n) is 9.64. The Bertz CT molecular complexity index is 1030. The van der Waals surface area contributed by atoms with Crippen LogP contribution < -0.4 is 4.74 Å². The molecule has 2 aromatic carbocycles. The zero-order valence-electron chi connectivity index (χ0n) is 17.4. The van der Waals surface area contributed by atoms with Crippen molar-refractivity contribution in [1.82, 2.24) is 0 Å². The lowest BCUT2D eigenvalue weighted by Gasteiger charge is -2.06. The maximum atomic E-state index is 13.1. The highest BCUT2D eigenvalue weighted by molar-refractivity contribution is 5.83. The minimum Gasteiger partial charge on any atom is -0.462 e. The first-order chi connectivity index (χ1) is 15.9. The Labute approximate surface area is 188 Å². The number of benzene rings is 2. The number of carbonyl (C=O) groups excluding carboxylic acids is 3. The molecule has 2 rings (SSSR count). The molecule has 0 aromatic heterocycles. The fraction of sp³-hybridized carbons (Fsp3) is 0.174. The number of hydrogen-bond donors (Lipinski definition) is 0. The smallest absolute Gasteiger partial charge is 0.330 e. The van der Waals surface area contributed by atoms with E-state index in [-0.39, 0.29) is 37.4 Å². The van der Waals surface area contributed by atoms with Crippen molar-refractivity contribution in [2.45, 2.75) is 12.8 Å². The van der Waals surface area contributed by atoms with E-state index in [9.17, 15) is 23.2 Å². The van der Waals surface area contributed by atoms with E-state index in [1.807, 2.05) is 0 Å². The largest absolute Gasteiger partial charge is 0.462 e. The van der Waals surface area contributed by atoms with E-state index in [0.717, 1.165) is 24.3 Å². The second-order valence-corrected chi connectivity index (χ2v) is 6.33. The molecule has 0 unspecified atom stereocenters. The first kappa shape index (κ1) is 25.1. The number of esters is 3. The maximum Gasteiger partial charge on any atom is 0.330 e. The van der Waals surface area contributed by atoms with Crippen molar-refractivity contribution in [3.8, 4) is 5.75 Å². The molecule has 0 saturated heterocycles. The summed E-state index contributed by atoms with van der Waals surface area (Å²) in [5.74, 6) is -3.04. The van der Waals surface area contributed by atoms with Gasteiger partial charge in [0, 0.05) is 17.7 Å². The van der Waals surface area contributed by atoms with Crippen LogP contribution in [0.15, 0.2) is 65.3 Å². The third kappa shape index (κ3) is 10.1. The van der Waals surface area contributed by atoms with Gasteiger partial charge < -0.3 is 14.2 Å². The van der Waals surface area contributed by atoms with Gasteiger partial charge in [-0.2, -0.15) is 10.2 Å². The van der Waals surface area contributed by atoms with Crippen molar-refractivity contribution in [3.05, 3.63) is 77.9 Å². The SMILES string of the molecule is C=CC(=O)OCCOC(=O)CCC(=O)Oc1ccc(/C=N/N=C/c2cc(F)cc(F)c2)cc1. The highest BCUT2D eigenvalue weighted by Gasteiger charge is 2.10. The lowest BCUT2D eigenvalue weighted by Crippen LogP contribution is -2.15. The van der Waals surface area contributed by atoms with Gasteiger partial charge in [-0.15, -0.1) is 0 Å². The predicted octanol–water partition coefficient (Wildman–Crippen LogP) is 3.38. The van der Waals surface area contributed by atoms with Gasteiger partial charge in [-0.3, -0.25) is 9.59 Å². The van der Waals surface area contributed by atoms with E-state index in [4.69, 9.17) is 9.47 Å². The van der Waals surface area contributed by atoms with E-state index in [2.05, 4.69) is 21.5 Å². The molecule has 0 fully saturated rings. The predicted molar refractivity (Wildman–Crippen MR) is 115 cm³/mol. The van der Waals surface area contributed by atoms with Crippen LogP contribution in [0.4, 0.5) is 8.78 Å². The van der Waals surface area contributed by atoms with Gasteiger partial charge in [0.05, 0.1) is 25.3 Å². The molecule has 10 heteroatoms. The summed E-state index contributed by atoms with van der Waals surface area (Å²) < 4.78 is 40.8. The zero-order chi connectivity index (χ0) is 24.1. The number of nitrogens with zero attached hydrogens (tertiary/aromatic N) is 2. The number of halogens is 2. The monoisotopic (exact) mass is 458 g/mol. The van der Waals surface area contributed by atoms with Gasteiger partial charge in [0.1, 0.15) is 30.6 Å². The van der Waals surface area contributed by atoms with Crippen molar-refractivity contribution >= 4 is 30.3 Å². The zero-order valence-corrected chi connectivity index (χ0v) is 17.4. The Hall–Kier alpha value is -4.21. The van der Waals surface area contributed by atoms with Gasteiger partial charge in [0.25, 0.3) is 0 Å². The minimum atomic E-state index is -0.714. The van der Waals surface area contributed by atoms with Crippen LogP contribution in [0, 0.1) is 11.6 Å². The summed E-state index contributed by atoms with van der Waals surface area (Å²) in [5, 5.41) is 7.51. The Kier molecular flexibility index (Phi) is 10.1. The Balaban J connectivity index is 1.72. The maximum absolute atomic E-state index is 13.1. The standard InChI is InChI=1S/C23H20F2N2O6/c1-2-21(28)31-9-10-32-22(29)7-8-23(30)33-20-5-3-16(4-6-20)14-26-27-15-17-11-18(24)13-19(25)12-17/h2-6,11-15H,1,7-10H2/b26-14+,27-15+. The van der Waals surface area contributed by atoms with E-state index in [1.165, 1.54) is 24.6 Å². The average Bonchev–Trinajstić information content (AvgIpc) is 2.78. The molecule has 0 spiro atoms. The Morgan fingerprint density at radius 2 is 1.39 bits per heavy atom. The summed E-state index contributed by atoms with van der Waals surface area (Å²) in [6.07, 6.45) is 3.22. The Morgan fingerprint density at radius 1 is 0.818 bits per heavy atom. The van der Waals surface area contributed by atoms with E-state index in [0.29, 0.717) is 5.56 Å². The molecule has 8 nitrogen and oxygen atoms in total. The molecular weight excluding hydrogens is 438 g/mol. The quantitative estimate of drug-likeness (QED) is 0.128. The second kappa shape index (κ2) is 13.3. The molecule has 0 bridgehead atoms. The van der Waals surface area contributed by atoms with Gasteiger partial charge in [-0.25, -0.2) is 13.6 Å². The summed E-state index contributed by atoms with van der Waals surface area (Å²) in [5.41, 5.74) is 0.866. The first-order valence-corrected chi connectivity index (χ1v) is 9.64. The number of hydrogen-bond acceptors (Lipinski definition) is 8. The molecule has 0 aliphatic carbocycles. The summed E-state index contributed by atoms with van der Waals surface area (Å²) in [6, 6.07) is 9.27. The van der Waals surface area contributed by atoms with Gasteiger partial charge >= 0.3 is 17.9 Å². The molecule has 0 aliphatic heterocycles. The fourth-order valence-corrected chi connectivity index (χ4v) is 2.29. The molecule has 2 aromatic rings. The number of ether oxygens (including phenoxy) is 3. The van der Waals surface area contributed by atoms with Crippen LogP contribution in [0.2, 0.25) is 0 Å². The van der Waals surface area contributed by atoms with Crippen LogP contribution in [0.5, 0.6) is 5.75 Å². The summed E-state index contributed by atoms with van der Waals surface area (Å²) in [6.45, 7) is 3.00. The van der Waals surface area contributed by atoms with Crippen molar-refractivity contribution in [1.29, 1.82) is 0 Å². The molecule has 0 atom stereocenters. The molecule has 0 aliphatic rings. The summed E-state index contributed by atoms with van der Waals surface area (Å²) >= 11 is 0. The molecular formula is C23H20F2N2O6.